The summed E-state index contributed by atoms with van der Waals surface area (Å²) in [5.41, 5.74) is 1.68. The molecule has 2 N–H and O–H groups in total. The van der Waals surface area contributed by atoms with E-state index in [0.29, 0.717) is 6.54 Å². The first-order valence-electron chi connectivity index (χ1n) is 7.66. The largest absolute Gasteiger partial charge is 0.465 e. The molecule has 0 aliphatic heterocycles. The summed E-state index contributed by atoms with van der Waals surface area (Å²) >= 11 is 0. The van der Waals surface area contributed by atoms with E-state index < -0.39 is 6.04 Å². The van der Waals surface area contributed by atoms with Crippen LogP contribution in [0, 0.1) is 6.92 Å². The highest BCUT2D eigenvalue weighted by Crippen LogP contribution is 2.16. The Labute approximate surface area is 139 Å². The van der Waals surface area contributed by atoms with Gasteiger partial charge in [0, 0.05) is 11.4 Å². The summed E-state index contributed by atoms with van der Waals surface area (Å²) in [6.07, 6.45) is 2.93. The molecule has 2 heterocycles. The van der Waals surface area contributed by atoms with Gasteiger partial charge < -0.3 is 15.1 Å². The first-order valence-corrected chi connectivity index (χ1v) is 7.66. The molecule has 3 aromatic rings. The van der Waals surface area contributed by atoms with Crippen LogP contribution in [0.3, 0.4) is 0 Å². The third kappa shape index (κ3) is 3.81. The van der Waals surface area contributed by atoms with Gasteiger partial charge in [-0.1, -0.05) is 0 Å². The van der Waals surface area contributed by atoms with Crippen molar-refractivity contribution in [3.05, 3.63) is 60.6 Å². The Morgan fingerprint density at radius 2 is 1.96 bits per heavy atom. The van der Waals surface area contributed by atoms with E-state index in [1.54, 1.807) is 6.92 Å². The van der Waals surface area contributed by atoms with Gasteiger partial charge in [0.1, 0.15) is 30.2 Å². The van der Waals surface area contributed by atoms with Crippen LogP contribution in [-0.2, 0) is 11.3 Å². The van der Waals surface area contributed by atoms with Crippen molar-refractivity contribution in [1.82, 2.24) is 14.8 Å². The zero-order chi connectivity index (χ0) is 16.9. The lowest BCUT2D eigenvalue weighted by Crippen LogP contribution is -2.24. The van der Waals surface area contributed by atoms with Crippen LogP contribution < -0.4 is 10.6 Å². The van der Waals surface area contributed by atoms with E-state index in [0.717, 1.165) is 22.9 Å². The van der Waals surface area contributed by atoms with Crippen LogP contribution in [0.4, 0.5) is 11.4 Å². The average Bonchev–Trinajstić information content (AvgIpc) is 3.25. The number of carbonyl (C=O) groups excluding carboxylic acids is 1. The quantitative estimate of drug-likeness (QED) is 0.728. The standard InChI is InChI=1S/C17H19N5O2/c1-12-3-8-16(24-12)9-19-14-4-6-15(7-5-14)21-17(23)13(2)22-11-18-10-20-22/h3-8,10-11,13,19H,9H2,1-2H3,(H,21,23). The summed E-state index contributed by atoms with van der Waals surface area (Å²) in [5.74, 6) is 1.63. The molecule has 0 radical (unpaired) electrons. The number of aryl methyl sites for hydroxylation is 1. The van der Waals surface area contributed by atoms with Gasteiger partial charge in [-0.05, 0) is 50.2 Å². The van der Waals surface area contributed by atoms with E-state index in [9.17, 15) is 4.79 Å². The molecule has 24 heavy (non-hydrogen) atoms. The summed E-state index contributed by atoms with van der Waals surface area (Å²) in [4.78, 5) is 16.0. The lowest BCUT2D eigenvalue weighted by molar-refractivity contribution is -0.119. The van der Waals surface area contributed by atoms with E-state index >= 15 is 0 Å². The second-order valence-electron chi connectivity index (χ2n) is 5.48. The van der Waals surface area contributed by atoms with E-state index in [2.05, 4.69) is 20.7 Å². The summed E-state index contributed by atoms with van der Waals surface area (Å²) in [6, 6.07) is 11.0. The number of aromatic nitrogens is 3. The number of nitrogens with one attached hydrogen (secondary N) is 2. The van der Waals surface area contributed by atoms with Crippen LogP contribution >= 0.6 is 0 Å². The Balaban J connectivity index is 1.55. The molecule has 124 valence electrons. The number of hydrogen-bond donors (Lipinski definition) is 2. The van der Waals surface area contributed by atoms with Gasteiger partial charge in [0.15, 0.2) is 0 Å². The normalized spacial score (nSPS) is 11.9. The molecule has 0 spiro atoms. The van der Waals surface area contributed by atoms with Crippen LogP contribution in [0.25, 0.3) is 0 Å². The number of nitrogens with zero attached hydrogens (tertiary/aromatic N) is 3. The van der Waals surface area contributed by atoms with Crippen molar-refractivity contribution in [3.63, 3.8) is 0 Å². The molecule has 1 atom stereocenters. The van der Waals surface area contributed by atoms with Crippen LogP contribution in [0.15, 0.2) is 53.5 Å². The van der Waals surface area contributed by atoms with Crippen molar-refractivity contribution in [1.29, 1.82) is 0 Å². The minimum Gasteiger partial charge on any atom is -0.465 e. The molecule has 1 amide bonds. The minimum absolute atomic E-state index is 0.146. The Hall–Kier alpha value is -3.09. The van der Waals surface area contributed by atoms with E-state index in [4.69, 9.17) is 4.42 Å². The maximum Gasteiger partial charge on any atom is 0.249 e. The SMILES string of the molecule is Cc1ccc(CNc2ccc(NC(=O)C(C)n3cncn3)cc2)o1. The van der Waals surface area contributed by atoms with Crippen molar-refractivity contribution in [2.24, 2.45) is 0 Å². The smallest absolute Gasteiger partial charge is 0.249 e. The fourth-order valence-electron chi connectivity index (χ4n) is 2.22. The van der Waals surface area contributed by atoms with Crippen LogP contribution in [0.5, 0.6) is 0 Å². The summed E-state index contributed by atoms with van der Waals surface area (Å²) in [7, 11) is 0. The number of hydrogen-bond acceptors (Lipinski definition) is 5. The monoisotopic (exact) mass is 325 g/mol. The average molecular weight is 325 g/mol. The van der Waals surface area contributed by atoms with E-state index in [1.165, 1.54) is 17.3 Å². The van der Waals surface area contributed by atoms with Gasteiger partial charge in [-0.3, -0.25) is 4.79 Å². The summed E-state index contributed by atoms with van der Waals surface area (Å²) < 4.78 is 7.02. The number of benzene rings is 1. The molecule has 3 rings (SSSR count). The maximum atomic E-state index is 12.2. The van der Waals surface area contributed by atoms with Gasteiger partial charge in [0.05, 0.1) is 6.54 Å². The fourth-order valence-corrected chi connectivity index (χ4v) is 2.22. The molecule has 0 bridgehead atoms. The predicted octanol–water partition coefficient (Wildman–Crippen LogP) is 2.99. The van der Waals surface area contributed by atoms with E-state index in [-0.39, 0.29) is 5.91 Å². The molecule has 0 fully saturated rings. The molecule has 7 heteroatoms. The topological polar surface area (TPSA) is 85.0 Å². The Kier molecular flexibility index (Phi) is 4.60. The van der Waals surface area contributed by atoms with Crippen molar-refractivity contribution in [2.75, 3.05) is 10.6 Å². The molecule has 0 aliphatic carbocycles. The Morgan fingerprint density at radius 3 is 2.58 bits per heavy atom. The van der Waals surface area contributed by atoms with Crippen molar-refractivity contribution < 1.29 is 9.21 Å². The highest BCUT2D eigenvalue weighted by Gasteiger charge is 2.15. The third-order valence-corrected chi connectivity index (χ3v) is 3.63. The number of rotatable bonds is 6. The van der Waals surface area contributed by atoms with Gasteiger partial charge in [0.2, 0.25) is 5.91 Å². The summed E-state index contributed by atoms with van der Waals surface area (Å²) in [6.45, 7) is 4.30. The first-order chi connectivity index (χ1) is 11.6. The van der Waals surface area contributed by atoms with Gasteiger partial charge in [-0.25, -0.2) is 9.67 Å². The second-order valence-corrected chi connectivity index (χ2v) is 5.48. The van der Waals surface area contributed by atoms with Crippen molar-refractivity contribution in [3.8, 4) is 0 Å². The molecular formula is C17H19N5O2. The van der Waals surface area contributed by atoms with Gasteiger partial charge in [-0.2, -0.15) is 5.10 Å². The van der Waals surface area contributed by atoms with Crippen molar-refractivity contribution in [2.45, 2.75) is 26.4 Å². The Morgan fingerprint density at radius 1 is 1.21 bits per heavy atom. The fraction of sp³-hybridized carbons (Fsp3) is 0.235. The van der Waals surface area contributed by atoms with Gasteiger partial charge in [0.25, 0.3) is 0 Å². The third-order valence-electron chi connectivity index (χ3n) is 3.63. The number of furan rings is 1. The zero-order valence-corrected chi connectivity index (χ0v) is 13.6. The zero-order valence-electron chi connectivity index (χ0n) is 13.6. The van der Waals surface area contributed by atoms with Crippen molar-refractivity contribution >= 4 is 17.3 Å². The lowest BCUT2D eigenvalue weighted by Gasteiger charge is -2.12. The molecule has 0 saturated carbocycles. The first kappa shape index (κ1) is 15.8. The Bertz CT molecular complexity index is 793. The minimum atomic E-state index is -0.424. The molecule has 1 aromatic carbocycles. The van der Waals surface area contributed by atoms with Gasteiger partial charge in [-0.15, -0.1) is 0 Å². The second kappa shape index (κ2) is 6.99. The van der Waals surface area contributed by atoms with Crippen LogP contribution in [0.1, 0.15) is 24.5 Å². The summed E-state index contributed by atoms with van der Waals surface area (Å²) in [5, 5.41) is 10.1. The molecule has 0 saturated heterocycles. The number of carbonyl (C=O) groups is 1. The number of amides is 1. The molecular weight excluding hydrogens is 306 g/mol. The maximum absolute atomic E-state index is 12.2. The highest BCUT2D eigenvalue weighted by molar-refractivity contribution is 5.93. The van der Waals surface area contributed by atoms with Crippen LogP contribution in [0.2, 0.25) is 0 Å². The molecule has 0 aliphatic rings. The molecule has 7 nitrogen and oxygen atoms in total. The van der Waals surface area contributed by atoms with Crippen LogP contribution in [-0.4, -0.2) is 20.7 Å². The number of anilines is 2. The lowest BCUT2D eigenvalue weighted by atomic mass is 10.2. The highest BCUT2D eigenvalue weighted by atomic mass is 16.3. The molecule has 2 aromatic heterocycles. The molecule has 1 unspecified atom stereocenters. The van der Waals surface area contributed by atoms with Gasteiger partial charge >= 0.3 is 0 Å². The van der Waals surface area contributed by atoms with E-state index in [1.807, 2.05) is 43.3 Å². The predicted molar refractivity (Wildman–Crippen MR) is 90.6 cm³/mol.